The third kappa shape index (κ3) is 9.77. The maximum Gasteiger partial charge on any atom is 0.0620 e. The molecule has 0 saturated heterocycles. The highest BCUT2D eigenvalue weighted by Crippen LogP contribution is 2.55. The van der Waals surface area contributed by atoms with E-state index in [9.17, 15) is 0 Å². The second-order valence-corrected chi connectivity index (χ2v) is 23.6. The number of fused-ring (bicyclic) bond motifs is 4. The molecule has 0 bridgehead atoms. The zero-order valence-corrected chi connectivity index (χ0v) is 51.1. The first kappa shape index (κ1) is 55.2. The molecule has 0 aliphatic carbocycles. The van der Waals surface area contributed by atoms with Gasteiger partial charge in [0, 0.05) is 88.6 Å². The molecule has 0 spiro atoms. The fourth-order valence-corrected chi connectivity index (χ4v) is 13.6. The van der Waals surface area contributed by atoms with E-state index in [1.165, 1.54) is 93.2 Å². The average Bonchev–Trinajstić information content (AvgIpc) is 0.866. The third-order valence-corrected chi connectivity index (χ3v) is 17.9. The SMILES string of the molecule is Cc1cccc(N(c2ccccc2C)c2c3ccccc3c(N(c3cccc(Cc4cccc(N(c5ccccc5C)c5c6ccccc6c(N(c6ccccc6C)c6ccccc6C)c6ccccc56)c4C)c3)c3ccccc3C)c3ccccc23)c1. The summed E-state index contributed by atoms with van der Waals surface area (Å²) in [5.74, 6) is 0. The molecule has 426 valence electrons. The van der Waals surface area contributed by atoms with Crippen molar-refractivity contribution in [1.82, 2.24) is 0 Å². The first-order valence-electron chi connectivity index (χ1n) is 30.7. The Morgan fingerprint density at radius 3 is 0.852 bits per heavy atom. The van der Waals surface area contributed by atoms with Crippen LogP contribution >= 0.6 is 0 Å². The molecule has 0 heterocycles. The van der Waals surface area contributed by atoms with Crippen molar-refractivity contribution in [2.75, 3.05) is 19.6 Å². The summed E-state index contributed by atoms with van der Waals surface area (Å²) in [5, 5.41) is 9.38. The Labute approximate surface area is 518 Å². The number of aryl methyl sites for hydroxylation is 6. The Balaban J connectivity index is 0.941. The summed E-state index contributed by atoms with van der Waals surface area (Å²) >= 11 is 0. The Morgan fingerprint density at radius 2 is 0.500 bits per heavy atom. The minimum atomic E-state index is 0.724. The molecule has 0 N–H and O–H groups in total. The summed E-state index contributed by atoms with van der Waals surface area (Å²) in [6.45, 7) is 15.7. The van der Waals surface area contributed by atoms with Gasteiger partial charge in [-0.25, -0.2) is 0 Å². The van der Waals surface area contributed by atoms with Gasteiger partial charge in [0.15, 0.2) is 0 Å². The van der Waals surface area contributed by atoms with Gasteiger partial charge in [-0.2, -0.15) is 0 Å². The molecule has 0 unspecified atom stereocenters. The molecule has 4 heteroatoms. The number of hydrogen-bond acceptors (Lipinski definition) is 4. The van der Waals surface area contributed by atoms with E-state index in [2.05, 4.69) is 353 Å². The van der Waals surface area contributed by atoms with Gasteiger partial charge in [-0.05, 0) is 166 Å². The van der Waals surface area contributed by atoms with Gasteiger partial charge >= 0.3 is 0 Å². The molecule has 0 amide bonds. The van der Waals surface area contributed by atoms with E-state index in [1.807, 2.05) is 0 Å². The van der Waals surface area contributed by atoms with Crippen molar-refractivity contribution < 1.29 is 0 Å². The second-order valence-electron chi connectivity index (χ2n) is 23.6. The van der Waals surface area contributed by atoms with E-state index < -0.39 is 0 Å². The Hall–Kier alpha value is -10.7. The quantitative estimate of drug-likeness (QED) is 0.0795. The fourth-order valence-electron chi connectivity index (χ4n) is 13.6. The van der Waals surface area contributed by atoms with Crippen LogP contribution in [-0.4, -0.2) is 0 Å². The summed E-state index contributed by atoms with van der Waals surface area (Å²) in [6.07, 6.45) is 0.724. The molecule has 14 rings (SSSR count). The smallest absolute Gasteiger partial charge is 0.0620 e. The van der Waals surface area contributed by atoms with Crippen LogP contribution in [0.5, 0.6) is 0 Å². The number of anilines is 12. The molecule has 0 fully saturated rings. The van der Waals surface area contributed by atoms with Crippen LogP contribution in [0.4, 0.5) is 68.2 Å². The van der Waals surface area contributed by atoms with Gasteiger partial charge in [-0.3, -0.25) is 0 Å². The molecule has 0 aromatic heterocycles. The number of benzene rings is 14. The molecule has 14 aromatic carbocycles. The lowest BCUT2D eigenvalue weighted by atomic mass is 9.93. The molecular formula is C84H70N4. The monoisotopic (exact) mass is 1130 g/mol. The molecule has 88 heavy (non-hydrogen) atoms. The summed E-state index contributed by atoms with van der Waals surface area (Å²) in [4.78, 5) is 10.1. The zero-order chi connectivity index (χ0) is 60.0. The van der Waals surface area contributed by atoms with Gasteiger partial charge in [0.05, 0.1) is 22.7 Å². The molecule has 14 aromatic rings. The lowest BCUT2D eigenvalue weighted by molar-refractivity contribution is 1.13. The highest BCUT2D eigenvalue weighted by atomic mass is 15.2. The Morgan fingerprint density at radius 1 is 0.227 bits per heavy atom. The van der Waals surface area contributed by atoms with Crippen molar-refractivity contribution in [3.05, 3.63) is 335 Å². The summed E-state index contributed by atoms with van der Waals surface area (Å²) in [5.41, 5.74) is 24.7. The molecule has 4 nitrogen and oxygen atoms in total. The molecule has 0 aliphatic rings. The van der Waals surface area contributed by atoms with E-state index in [-0.39, 0.29) is 0 Å². The molecule has 0 saturated carbocycles. The van der Waals surface area contributed by atoms with Crippen molar-refractivity contribution in [2.24, 2.45) is 0 Å². The van der Waals surface area contributed by atoms with E-state index in [0.29, 0.717) is 0 Å². The number of nitrogens with zero attached hydrogens (tertiary/aromatic N) is 4. The van der Waals surface area contributed by atoms with Crippen molar-refractivity contribution >= 4 is 111 Å². The summed E-state index contributed by atoms with van der Waals surface area (Å²) in [7, 11) is 0. The summed E-state index contributed by atoms with van der Waals surface area (Å²) < 4.78 is 0. The Kier molecular flexibility index (Phi) is 14.6. The van der Waals surface area contributed by atoms with E-state index in [0.717, 1.165) is 74.7 Å². The van der Waals surface area contributed by atoms with Gasteiger partial charge in [0.2, 0.25) is 0 Å². The zero-order valence-electron chi connectivity index (χ0n) is 51.1. The topological polar surface area (TPSA) is 13.0 Å². The predicted molar refractivity (Wildman–Crippen MR) is 378 cm³/mol. The lowest BCUT2D eigenvalue weighted by Crippen LogP contribution is -2.17. The van der Waals surface area contributed by atoms with Gasteiger partial charge in [-0.15, -0.1) is 0 Å². The molecule has 0 atom stereocenters. The molecular weight excluding hydrogens is 1060 g/mol. The van der Waals surface area contributed by atoms with Crippen LogP contribution in [0.1, 0.15) is 50.1 Å². The maximum atomic E-state index is 2.56. The van der Waals surface area contributed by atoms with Crippen molar-refractivity contribution in [3.8, 4) is 0 Å². The van der Waals surface area contributed by atoms with Crippen LogP contribution in [0.25, 0.3) is 43.1 Å². The maximum absolute atomic E-state index is 2.56. The van der Waals surface area contributed by atoms with Gasteiger partial charge in [-0.1, -0.05) is 224 Å². The van der Waals surface area contributed by atoms with E-state index >= 15 is 0 Å². The van der Waals surface area contributed by atoms with E-state index in [1.54, 1.807) is 0 Å². The second kappa shape index (κ2) is 23.3. The average molecular weight is 1140 g/mol. The van der Waals surface area contributed by atoms with Crippen molar-refractivity contribution in [2.45, 2.75) is 54.9 Å². The highest BCUT2D eigenvalue weighted by Gasteiger charge is 2.30. The number of para-hydroxylation sites is 5. The highest BCUT2D eigenvalue weighted by molar-refractivity contribution is 6.25. The first-order valence-corrected chi connectivity index (χ1v) is 30.7. The minimum absolute atomic E-state index is 0.724. The normalized spacial score (nSPS) is 11.4. The first-order chi connectivity index (χ1) is 43.1. The molecule has 0 aliphatic heterocycles. The van der Waals surface area contributed by atoms with Gasteiger partial charge in [0.25, 0.3) is 0 Å². The van der Waals surface area contributed by atoms with Crippen molar-refractivity contribution in [1.29, 1.82) is 0 Å². The number of rotatable bonds is 14. The van der Waals surface area contributed by atoms with Crippen LogP contribution in [0.15, 0.2) is 285 Å². The fraction of sp³-hybridized carbons (Fsp3) is 0.0952. The van der Waals surface area contributed by atoms with Crippen LogP contribution in [0.2, 0.25) is 0 Å². The standard InChI is InChI=1S/C84H70N4/c1-56-29-26-37-65(53-56)85(75-47-21-8-30-57(75)2)81-67-39-13-15-41-69(67)82(70-42-16-14-40-68(70)81)86(76-48-22-9-31-58(76)3)66-38-27-35-63(55-66)54-64-36-28-52-80(62(64)7)88(79-51-25-12-34-61(79)6)84-73-45-19-17-43-71(73)83(72-44-18-20-46-74(72)84)87(77-49-23-10-32-59(77)4)78-50-24-11-33-60(78)5/h8-53,55H,54H2,1-7H3. The lowest BCUT2D eigenvalue weighted by Gasteiger charge is -2.35. The van der Waals surface area contributed by atoms with Crippen molar-refractivity contribution in [3.63, 3.8) is 0 Å². The Bertz CT molecular complexity index is 4820. The number of hydrogen-bond donors (Lipinski definition) is 0. The van der Waals surface area contributed by atoms with Crippen LogP contribution in [0, 0.1) is 48.5 Å². The molecule has 0 radical (unpaired) electrons. The van der Waals surface area contributed by atoms with Gasteiger partial charge in [0.1, 0.15) is 0 Å². The largest absolute Gasteiger partial charge is 0.309 e. The predicted octanol–water partition coefficient (Wildman–Crippen LogP) is 23.9. The third-order valence-electron chi connectivity index (χ3n) is 17.9. The van der Waals surface area contributed by atoms with Crippen LogP contribution in [-0.2, 0) is 6.42 Å². The minimum Gasteiger partial charge on any atom is -0.309 e. The van der Waals surface area contributed by atoms with Gasteiger partial charge < -0.3 is 19.6 Å². The summed E-state index contributed by atoms with van der Waals surface area (Å²) in [6, 6.07) is 105. The van der Waals surface area contributed by atoms with Crippen LogP contribution < -0.4 is 19.6 Å². The van der Waals surface area contributed by atoms with Crippen LogP contribution in [0.3, 0.4) is 0 Å². The van der Waals surface area contributed by atoms with E-state index in [4.69, 9.17) is 0 Å².